The Morgan fingerprint density at radius 2 is 1.79 bits per heavy atom. The van der Waals surface area contributed by atoms with E-state index in [4.69, 9.17) is 4.98 Å². The van der Waals surface area contributed by atoms with Crippen LogP contribution in [0.15, 0.2) is 30.3 Å². The highest BCUT2D eigenvalue weighted by molar-refractivity contribution is 5.94. The minimum atomic E-state index is -0.111. The summed E-state index contributed by atoms with van der Waals surface area (Å²) in [7, 11) is 5.84. The van der Waals surface area contributed by atoms with Gasteiger partial charge in [-0.25, -0.2) is 9.97 Å². The van der Waals surface area contributed by atoms with Gasteiger partial charge in [0.25, 0.3) is 11.8 Å². The molecule has 2 aliphatic rings. The van der Waals surface area contributed by atoms with Gasteiger partial charge in [-0.05, 0) is 70.7 Å². The normalized spacial score (nSPS) is 21.3. The van der Waals surface area contributed by atoms with E-state index in [2.05, 4.69) is 41.1 Å². The molecule has 1 aromatic carbocycles. The van der Waals surface area contributed by atoms with Crippen molar-refractivity contribution < 1.29 is 9.59 Å². The van der Waals surface area contributed by atoms with Crippen LogP contribution in [0.2, 0.25) is 0 Å². The van der Waals surface area contributed by atoms with Crippen LogP contribution in [0, 0.1) is 6.92 Å². The Bertz CT molecular complexity index is 1060. The van der Waals surface area contributed by atoms with Crippen molar-refractivity contribution in [2.45, 2.75) is 38.1 Å². The van der Waals surface area contributed by atoms with Crippen molar-refractivity contribution in [1.29, 1.82) is 0 Å². The third-order valence-corrected chi connectivity index (χ3v) is 7.46. The van der Waals surface area contributed by atoms with Gasteiger partial charge in [-0.15, -0.1) is 0 Å². The second kappa shape index (κ2) is 9.80. The summed E-state index contributed by atoms with van der Waals surface area (Å²) < 4.78 is 0. The average Bonchev–Trinajstić information content (AvgIpc) is 2.85. The number of nitrogens with one attached hydrogen (secondary N) is 1. The fourth-order valence-corrected chi connectivity index (χ4v) is 4.97. The van der Waals surface area contributed by atoms with Gasteiger partial charge in [0, 0.05) is 37.7 Å². The summed E-state index contributed by atoms with van der Waals surface area (Å²) in [6, 6.07) is 9.58. The van der Waals surface area contributed by atoms with Crippen molar-refractivity contribution in [2.75, 3.05) is 53.9 Å². The molecule has 0 radical (unpaired) electrons. The van der Waals surface area contributed by atoms with Crippen molar-refractivity contribution in [3.63, 3.8) is 0 Å². The second-order valence-corrected chi connectivity index (χ2v) is 10.0. The van der Waals surface area contributed by atoms with Crippen LogP contribution in [-0.2, 0) is 5.41 Å². The van der Waals surface area contributed by atoms with Gasteiger partial charge < -0.3 is 15.1 Å². The lowest BCUT2D eigenvalue weighted by Gasteiger charge is -2.40. The molecule has 0 spiro atoms. The van der Waals surface area contributed by atoms with Crippen molar-refractivity contribution in [3.05, 3.63) is 58.7 Å². The number of piperidine rings is 1. The van der Waals surface area contributed by atoms with Crippen molar-refractivity contribution in [1.82, 2.24) is 30.0 Å². The molecular weight excluding hydrogens is 428 g/mol. The van der Waals surface area contributed by atoms with Crippen LogP contribution in [0.5, 0.6) is 0 Å². The highest BCUT2D eigenvalue weighted by Crippen LogP contribution is 2.34. The molecule has 0 aliphatic carbocycles. The molecule has 3 heterocycles. The predicted molar refractivity (Wildman–Crippen MR) is 132 cm³/mol. The van der Waals surface area contributed by atoms with Gasteiger partial charge in [0.05, 0.1) is 11.7 Å². The number of aromatic nitrogens is 2. The maximum atomic E-state index is 13.6. The largest absolute Gasteiger partial charge is 0.355 e. The third kappa shape index (κ3) is 4.98. The zero-order chi connectivity index (χ0) is 24.5. The number of hydrogen-bond acceptors (Lipinski definition) is 6. The number of rotatable bonds is 4. The summed E-state index contributed by atoms with van der Waals surface area (Å²) >= 11 is 0. The van der Waals surface area contributed by atoms with Gasteiger partial charge in [-0.3, -0.25) is 14.5 Å². The molecule has 2 fully saturated rings. The van der Waals surface area contributed by atoms with E-state index >= 15 is 0 Å². The number of carbonyl (C=O) groups is 2. The van der Waals surface area contributed by atoms with Gasteiger partial charge in [-0.1, -0.05) is 19.1 Å². The van der Waals surface area contributed by atoms with Gasteiger partial charge in [0.2, 0.25) is 0 Å². The zero-order valence-corrected chi connectivity index (χ0v) is 21.0. The molecule has 34 heavy (non-hydrogen) atoms. The molecule has 8 nitrogen and oxygen atoms in total. The molecule has 0 bridgehead atoms. The molecule has 0 unspecified atom stereocenters. The van der Waals surface area contributed by atoms with E-state index in [0.29, 0.717) is 30.2 Å². The molecule has 2 amide bonds. The summed E-state index contributed by atoms with van der Waals surface area (Å²) in [6.07, 6.45) is 2.04. The molecule has 182 valence electrons. The van der Waals surface area contributed by atoms with Gasteiger partial charge in [0.1, 0.15) is 11.5 Å². The van der Waals surface area contributed by atoms with E-state index < -0.39 is 0 Å². The van der Waals surface area contributed by atoms with Crippen molar-refractivity contribution >= 4 is 11.8 Å². The maximum absolute atomic E-state index is 13.6. The van der Waals surface area contributed by atoms with Crippen molar-refractivity contribution in [2.24, 2.45) is 0 Å². The van der Waals surface area contributed by atoms with Gasteiger partial charge in [-0.2, -0.15) is 0 Å². The maximum Gasteiger partial charge on any atom is 0.272 e. The number of piperazine rings is 1. The van der Waals surface area contributed by atoms with Crippen LogP contribution in [0.1, 0.15) is 63.7 Å². The molecule has 4 rings (SSSR count). The molecule has 2 aromatic rings. The minimum absolute atomic E-state index is 0.0103. The van der Waals surface area contributed by atoms with E-state index in [0.717, 1.165) is 43.7 Å². The zero-order valence-electron chi connectivity index (χ0n) is 21.0. The van der Waals surface area contributed by atoms with Gasteiger partial charge >= 0.3 is 0 Å². The molecule has 0 saturated carbocycles. The number of likely N-dealkylation sites (N-methyl/N-ethyl adjacent to an activating group) is 1. The second-order valence-electron chi connectivity index (χ2n) is 10.0. The van der Waals surface area contributed by atoms with Crippen LogP contribution in [0.4, 0.5) is 0 Å². The fraction of sp³-hybridized carbons (Fsp3) is 0.538. The first kappa shape index (κ1) is 24.3. The monoisotopic (exact) mass is 464 g/mol. The number of carbonyl (C=O) groups excluding carboxylic acids is 2. The molecular formula is C26H36N6O2. The van der Waals surface area contributed by atoms with E-state index in [1.54, 1.807) is 7.05 Å². The highest BCUT2D eigenvalue weighted by Gasteiger charge is 2.34. The average molecular weight is 465 g/mol. The van der Waals surface area contributed by atoms with Crippen molar-refractivity contribution in [3.8, 4) is 0 Å². The Hall–Kier alpha value is -2.84. The first-order chi connectivity index (χ1) is 16.2. The Morgan fingerprint density at radius 1 is 1.06 bits per heavy atom. The van der Waals surface area contributed by atoms with E-state index in [-0.39, 0.29) is 23.3 Å². The molecule has 1 N–H and O–H groups in total. The lowest BCUT2D eigenvalue weighted by Crippen LogP contribution is -2.49. The number of nitrogens with zero attached hydrogens (tertiary/aromatic N) is 5. The predicted octanol–water partition coefficient (Wildman–Crippen LogP) is 2.26. The Labute approximate surface area is 202 Å². The summed E-state index contributed by atoms with van der Waals surface area (Å²) in [5.41, 5.74) is 3.06. The van der Waals surface area contributed by atoms with Gasteiger partial charge in [0.15, 0.2) is 0 Å². The topological polar surface area (TPSA) is 81.7 Å². The van der Waals surface area contributed by atoms with E-state index in [1.807, 2.05) is 42.2 Å². The lowest BCUT2D eigenvalue weighted by atomic mass is 9.77. The fourth-order valence-electron chi connectivity index (χ4n) is 4.97. The Kier molecular flexibility index (Phi) is 7.00. The number of aryl methyl sites for hydroxylation is 1. The first-order valence-electron chi connectivity index (χ1n) is 12.1. The van der Waals surface area contributed by atoms with Crippen LogP contribution in [0.25, 0.3) is 0 Å². The number of hydrogen-bond donors (Lipinski definition) is 1. The molecule has 8 heteroatoms. The quantitative estimate of drug-likeness (QED) is 0.748. The third-order valence-electron chi connectivity index (χ3n) is 7.46. The Balaban J connectivity index is 1.57. The lowest BCUT2D eigenvalue weighted by molar-refractivity contribution is 0.0539. The standard InChI is InChI=1S/C26H36N6O2/c1-18-28-21(16-23(29-18)26(2)9-11-30(4)12-10-26)25(34)32-14-13-31(5)22(17-32)19-7-6-8-20(15-19)24(33)27-3/h6-8,15-16,22H,9-14,17H2,1-5H3,(H,27,33)/t22-/m0/s1. The SMILES string of the molecule is CNC(=O)c1cccc([C@@H]2CN(C(=O)c3cc(C4(C)CCN(C)CC4)nc(C)n3)CCN2C)c1. The van der Waals surface area contributed by atoms with E-state index in [9.17, 15) is 9.59 Å². The smallest absolute Gasteiger partial charge is 0.272 e. The van der Waals surface area contributed by atoms with Crippen LogP contribution < -0.4 is 5.32 Å². The molecule has 1 atom stereocenters. The number of benzene rings is 1. The summed E-state index contributed by atoms with van der Waals surface area (Å²) in [6.45, 7) is 8.11. The Morgan fingerprint density at radius 3 is 2.50 bits per heavy atom. The van der Waals surface area contributed by atoms with Crippen LogP contribution in [-0.4, -0.2) is 90.3 Å². The van der Waals surface area contributed by atoms with E-state index in [1.165, 1.54) is 0 Å². The highest BCUT2D eigenvalue weighted by atomic mass is 16.2. The van der Waals surface area contributed by atoms with Crippen LogP contribution >= 0.6 is 0 Å². The summed E-state index contributed by atoms with van der Waals surface area (Å²) in [4.78, 5) is 41.5. The minimum Gasteiger partial charge on any atom is -0.355 e. The molecule has 2 aliphatic heterocycles. The number of likely N-dealkylation sites (tertiary alicyclic amines) is 1. The number of amides is 2. The van der Waals surface area contributed by atoms with Crippen LogP contribution in [0.3, 0.4) is 0 Å². The summed E-state index contributed by atoms with van der Waals surface area (Å²) in [5, 5.41) is 2.68. The first-order valence-corrected chi connectivity index (χ1v) is 12.1. The molecule has 2 saturated heterocycles. The molecule has 1 aromatic heterocycles. The summed E-state index contributed by atoms with van der Waals surface area (Å²) in [5.74, 6) is 0.480.